The molecule has 37 heavy (non-hydrogen) atoms. The number of anilines is 2. The number of urea groups is 1. The number of hydrogen-bond donors (Lipinski definition) is 2. The molecule has 1 aromatic heterocycles. The molecule has 0 aliphatic carbocycles. The zero-order valence-electron chi connectivity index (χ0n) is 20.7. The molecule has 2 N–H and O–H groups in total. The summed E-state index contributed by atoms with van der Waals surface area (Å²) in [4.78, 5) is 36.7. The van der Waals surface area contributed by atoms with Crippen LogP contribution in [-0.4, -0.2) is 65.1 Å². The Kier molecular flexibility index (Phi) is 8.47. The number of hydrogen-bond acceptors (Lipinski definition) is 7. The van der Waals surface area contributed by atoms with Crippen molar-refractivity contribution in [2.45, 2.75) is 25.5 Å². The first-order valence-corrected chi connectivity index (χ1v) is 11.9. The van der Waals surface area contributed by atoms with Gasteiger partial charge in [-0.3, -0.25) is 10.6 Å². The minimum Gasteiger partial charge on any atom is -0.444 e. The highest BCUT2D eigenvalue weighted by atomic mass is 19.1. The number of likely N-dealkylation sites (tertiary alicyclic amines) is 1. The summed E-state index contributed by atoms with van der Waals surface area (Å²) in [6, 6.07) is 14.4. The van der Waals surface area contributed by atoms with E-state index in [1.807, 2.05) is 30.3 Å². The first-order valence-electron chi connectivity index (χ1n) is 11.9. The lowest BCUT2D eigenvalue weighted by Gasteiger charge is -2.34. The number of benzene rings is 2. The highest BCUT2D eigenvalue weighted by molar-refractivity contribution is 5.88. The van der Waals surface area contributed by atoms with Crippen molar-refractivity contribution in [1.82, 2.24) is 19.8 Å². The fourth-order valence-electron chi connectivity index (χ4n) is 3.86. The van der Waals surface area contributed by atoms with Crippen LogP contribution in [0.5, 0.6) is 11.6 Å². The average Bonchev–Trinajstić information content (AvgIpc) is 2.90. The average molecular weight is 509 g/mol. The van der Waals surface area contributed by atoms with Crippen LogP contribution in [0.3, 0.4) is 0 Å². The maximum Gasteiger partial charge on any atom is 0.412 e. The summed E-state index contributed by atoms with van der Waals surface area (Å²) in [6.45, 7) is 1.94. The maximum absolute atomic E-state index is 14.6. The molecular formula is C26H29FN6O4. The van der Waals surface area contributed by atoms with Crippen molar-refractivity contribution in [2.75, 3.05) is 37.8 Å². The zero-order valence-corrected chi connectivity index (χ0v) is 20.7. The van der Waals surface area contributed by atoms with Crippen LogP contribution in [-0.2, 0) is 11.3 Å². The predicted molar refractivity (Wildman–Crippen MR) is 136 cm³/mol. The molecular weight excluding hydrogens is 479 g/mol. The normalized spacial score (nSPS) is 14.0. The van der Waals surface area contributed by atoms with Crippen LogP contribution >= 0.6 is 0 Å². The van der Waals surface area contributed by atoms with Gasteiger partial charge in [0.25, 0.3) is 0 Å². The second-order valence-corrected chi connectivity index (χ2v) is 8.75. The molecule has 0 bridgehead atoms. The number of carbonyl (C=O) groups excluding carboxylic acids is 2. The number of nitrogens with zero attached hydrogens (tertiary/aromatic N) is 4. The van der Waals surface area contributed by atoms with E-state index >= 15 is 0 Å². The van der Waals surface area contributed by atoms with Gasteiger partial charge in [0.05, 0.1) is 5.69 Å². The quantitative estimate of drug-likeness (QED) is 0.476. The van der Waals surface area contributed by atoms with Gasteiger partial charge in [0.1, 0.15) is 24.5 Å². The van der Waals surface area contributed by atoms with Gasteiger partial charge in [-0.05, 0) is 50.7 Å². The molecule has 4 rings (SSSR count). The Hall–Kier alpha value is -4.25. The molecule has 1 saturated heterocycles. The Balaban J connectivity index is 1.31. The summed E-state index contributed by atoms with van der Waals surface area (Å²) < 4.78 is 25.3. The number of rotatable bonds is 7. The number of piperidine rings is 1. The van der Waals surface area contributed by atoms with Crippen LogP contribution < -0.4 is 15.4 Å². The van der Waals surface area contributed by atoms with Crippen molar-refractivity contribution < 1.29 is 23.5 Å². The SMILES string of the molecule is CN1CCC(N(C)C(=O)Nc2cc(Oc3ccc(NC(=O)OCc4ccccc4)c(F)c3)ncn2)CC1. The van der Waals surface area contributed by atoms with E-state index in [0.717, 1.165) is 37.6 Å². The smallest absolute Gasteiger partial charge is 0.412 e. The van der Waals surface area contributed by atoms with Crippen molar-refractivity contribution in [2.24, 2.45) is 0 Å². The highest BCUT2D eigenvalue weighted by Gasteiger charge is 2.24. The van der Waals surface area contributed by atoms with E-state index in [9.17, 15) is 14.0 Å². The van der Waals surface area contributed by atoms with E-state index in [2.05, 4.69) is 32.5 Å². The highest BCUT2D eigenvalue weighted by Crippen LogP contribution is 2.26. The molecule has 0 atom stereocenters. The molecule has 1 fully saturated rings. The molecule has 0 saturated carbocycles. The monoisotopic (exact) mass is 508 g/mol. The number of ether oxygens (including phenoxy) is 2. The molecule has 2 heterocycles. The van der Waals surface area contributed by atoms with Gasteiger partial charge in [-0.25, -0.2) is 23.9 Å². The van der Waals surface area contributed by atoms with E-state index in [4.69, 9.17) is 9.47 Å². The van der Waals surface area contributed by atoms with Crippen molar-refractivity contribution in [3.05, 3.63) is 72.3 Å². The Morgan fingerprint density at radius 3 is 2.57 bits per heavy atom. The lowest BCUT2D eigenvalue weighted by molar-refractivity contribution is 0.155. The van der Waals surface area contributed by atoms with E-state index in [-0.39, 0.29) is 41.8 Å². The third-order valence-electron chi connectivity index (χ3n) is 6.05. The lowest BCUT2D eigenvalue weighted by atomic mass is 10.0. The number of nitrogens with one attached hydrogen (secondary N) is 2. The van der Waals surface area contributed by atoms with Crippen LogP contribution in [0.15, 0.2) is 60.9 Å². The van der Waals surface area contributed by atoms with E-state index in [0.29, 0.717) is 0 Å². The Morgan fingerprint density at radius 1 is 1.08 bits per heavy atom. The summed E-state index contributed by atoms with van der Waals surface area (Å²) in [5.41, 5.74) is 0.758. The third-order valence-corrected chi connectivity index (χ3v) is 6.05. The minimum absolute atomic E-state index is 0.0574. The number of aromatic nitrogens is 2. The summed E-state index contributed by atoms with van der Waals surface area (Å²) in [7, 11) is 3.83. The number of carbonyl (C=O) groups is 2. The molecule has 0 spiro atoms. The minimum atomic E-state index is -0.780. The van der Waals surface area contributed by atoms with Crippen molar-refractivity contribution in [1.29, 1.82) is 0 Å². The molecule has 10 nitrogen and oxygen atoms in total. The van der Waals surface area contributed by atoms with E-state index in [1.54, 1.807) is 11.9 Å². The van der Waals surface area contributed by atoms with Crippen LogP contribution in [0, 0.1) is 5.82 Å². The van der Waals surface area contributed by atoms with Crippen LogP contribution in [0.2, 0.25) is 0 Å². The van der Waals surface area contributed by atoms with Crippen molar-refractivity contribution in [3.63, 3.8) is 0 Å². The number of amides is 3. The van der Waals surface area contributed by atoms with Crippen LogP contribution in [0.4, 0.5) is 25.5 Å². The van der Waals surface area contributed by atoms with E-state index < -0.39 is 11.9 Å². The maximum atomic E-state index is 14.6. The van der Waals surface area contributed by atoms with Crippen molar-refractivity contribution in [3.8, 4) is 11.6 Å². The topological polar surface area (TPSA) is 109 Å². The van der Waals surface area contributed by atoms with Gasteiger partial charge in [0.15, 0.2) is 5.82 Å². The van der Waals surface area contributed by atoms with Gasteiger partial charge in [0.2, 0.25) is 5.88 Å². The van der Waals surface area contributed by atoms with E-state index in [1.165, 1.54) is 24.5 Å². The fraction of sp³-hybridized carbons (Fsp3) is 0.308. The van der Waals surface area contributed by atoms with Crippen molar-refractivity contribution >= 4 is 23.6 Å². The Morgan fingerprint density at radius 2 is 1.84 bits per heavy atom. The molecule has 1 aliphatic heterocycles. The molecule has 11 heteroatoms. The molecule has 1 aliphatic rings. The van der Waals surface area contributed by atoms with Gasteiger partial charge < -0.3 is 19.3 Å². The second kappa shape index (κ2) is 12.1. The lowest BCUT2D eigenvalue weighted by Crippen LogP contribution is -2.46. The molecule has 0 unspecified atom stereocenters. The molecule has 3 aromatic rings. The second-order valence-electron chi connectivity index (χ2n) is 8.75. The number of halogens is 1. The Labute approximate surface area is 214 Å². The van der Waals surface area contributed by atoms with Crippen LogP contribution in [0.1, 0.15) is 18.4 Å². The van der Waals surface area contributed by atoms with Gasteiger partial charge in [-0.1, -0.05) is 30.3 Å². The third kappa shape index (κ3) is 7.37. The van der Waals surface area contributed by atoms with Gasteiger partial charge >= 0.3 is 12.1 Å². The predicted octanol–water partition coefficient (Wildman–Crippen LogP) is 4.71. The molecule has 2 aromatic carbocycles. The first kappa shape index (κ1) is 25.8. The molecule has 0 radical (unpaired) electrons. The zero-order chi connectivity index (χ0) is 26.2. The first-order chi connectivity index (χ1) is 17.9. The van der Waals surface area contributed by atoms with Crippen LogP contribution in [0.25, 0.3) is 0 Å². The fourth-order valence-corrected chi connectivity index (χ4v) is 3.86. The summed E-state index contributed by atoms with van der Waals surface area (Å²) in [5.74, 6) is -0.180. The molecule has 3 amide bonds. The summed E-state index contributed by atoms with van der Waals surface area (Å²) in [6.07, 6.45) is 2.27. The van der Waals surface area contributed by atoms with Gasteiger partial charge in [0, 0.05) is 25.2 Å². The summed E-state index contributed by atoms with van der Waals surface area (Å²) in [5, 5.41) is 5.12. The van der Waals surface area contributed by atoms with Gasteiger partial charge in [-0.15, -0.1) is 0 Å². The standard InChI is InChI=1S/C26H29FN6O4/c1-32-12-10-19(11-13-32)33(2)25(34)31-23-15-24(29-17-28-23)37-20-8-9-22(21(27)14-20)30-26(35)36-16-18-6-4-3-5-7-18/h3-9,14-15,17,19H,10-13,16H2,1-2H3,(H,30,35)(H,28,29,31,34). The largest absolute Gasteiger partial charge is 0.444 e. The summed E-state index contributed by atoms with van der Waals surface area (Å²) >= 11 is 0. The molecule has 194 valence electrons. The Bertz CT molecular complexity index is 1220. The van der Waals surface area contributed by atoms with Gasteiger partial charge in [-0.2, -0.15) is 0 Å².